The number of rotatable bonds is 5. The van der Waals surface area contributed by atoms with Crippen molar-refractivity contribution >= 4 is 0 Å². The van der Waals surface area contributed by atoms with Crippen molar-refractivity contribution in [1.82, 2.24) is 20.3 Å². The number of nitrogens with one attached hydrogen (secondary N) is 1. The Hall–Kier alpha value is -1.68. The molecule has 2 aromatic rings. The van der Waals surface area contributed by atoms with Crippen molar-refractivity contribution < 1.29 is 0 Å². The Bertz CT molecular complexity index is 516. The predicted octanol–water partition coefficient (Wildman–Crippen LogP) is 1.92. The monoisotopic (exact) mass is 258 g/mol. The minimum absolute atomic E-state index is 0.0352. The highest BCUT2D eigenvalue weighted by atomic mass is 15.4. The summed E-state index contributed by atoms with van der Waals surface area (Å²) in [6.07, 6.45) is 2.84. The van der Waals surface area contributed by atoms with Crippen LogP contribution in [0.2, 0.25) is 0 Å². The van der Waals surface area contributed by atoms with Crippen LogP contribution in [0.1, 0.15) is 25.1 Å². The van der Waals surface area contributed by atoms with Crippen LogP contribution in [0.4, 0.5) is 0 Å². The fourth-order valence-corrected chi connectivity index (χ4v) is 2.48. The quantitative estimate of drug-likeness (QED) is 0.891. The van der Waals surface area contributed by atoms with Crippen LogP contribution in [0.3, 0.4) is 0 Å². The Balaban J connectivity index is 2.21. The van der Waals surface area contributed by atoms with Crippen molar-refractivity contribution in [2.24, 2.45) is 7.05 Å². The van der Waals surface area contributed by atoms with E-state index in [4.69, 9.17) is 0 Å². The molecule has 0 bridgehead atoms. The van der Waals surface area contributed by atoms with Crippen LogP contribution in [0, 0.1) is 0 Å². The molecule has 0 saturated heterocycles. The molecule has 1 aromatic carbocycles. The zero-order chi connectivity index (χ0) is 13.9. The molecule has 0 saturated carbocycles. The van der Waals surface area contributed by atoms with Crippen LogP contribution < -0.4 is 5.32 Å². The van der Waals surface area contributed by atoms with Crippen molar-refractivity contribution in [2.75, 3.05) is 7.05 Å². The number of aryl methyl sites for hydroxylation is 1. The van der Waals surface area contributed by atoms with Gasteiger partial charge in [0.25, 0.3) is 0 Å². The molecule has 0 aliphatic carbocycles. The van der Waals surface area contributed by atoms with E-state index < -0.39 is 0 Å². The highest BCUT2D eigenvalue weighted by Crippen LogP contribution is 2.28. The fraction of sp³-hybridized carbons (Fsp3) is 0.467. The molecular weight excluding hydrogens is 236 g/mol. The largest absolute Gasteiger partial charge is 0.316 e. The van der Waals surface area contributed by atoms with Crippen molar-refractivity contribution in [3.8, 4) is 0 Å². The maximum atomic E-state index is 4.18. The lowest BCUT2D eigenvalue weighted by Crippen LogP contribution is -2.44. The summed E-state index contributed by atoms with van der Waals surface area (Å²) < 4.78 is 1.75. The second kappa shape index (κ2) is 5.53. The van der Waals surface area contributed by atoms with Gasteiger partial charge < -0.3 is 5.32 Å². The number of benzene rings is 1. The fourth-order valence-electron chi connectivity index (χ4n) is 2.48. The molecule has 1 aromatic heterocycles. The lowest BCUT2D eigenvalue weighted by Gasteiger charge is -2.34. The minimum Gasteiger partial charge on any atom is -0.316 e. The molecule has 1 atom stereocenters. The third-order valence-corrected chi connectivity index (χ3v) is 3.80. The molecule has 2 rings (SSSR count). The molecule has 0 spiro atoms. The van der Waals surface area contributed by atoms with Crippen molar-refractivity contribution in [1.29, 1.82) is 0 Å². The van der Waals surface area contributed by atoms with Gasteiger partial charge in [-0.3, -0.25) is 4.68 Å². The van der Waals surface area contributed by atoms with Crippen LogP contribution in [-0.2, 0) is 18.9 Å². The SMILES string of the molecule is CNC(Cc1cn(C)nn1)C(C)(C)c1ccccc1. The summed E-state index contributed by atoms with van der Waals surface area (Å²) in [4.78, 5) is 0. The van der Waals surface area contributed by atoms with E-state index in [1.54, 1.807) is 4.68 Å². The summed E-state index contributed by atoms with van der Waals surface area (Å²) in [7, 11) is 3.90. The molecular formula is C15H22N4. The van der Waals surface area contributed by atoms with Crippen LogP contribution in [-0.4, -0.2) is 28.1 Å². The standard InChI is InChI=1S/C15H22N4/c1-15(2,12-8-6-5-7-9-12)14(16-3)10-13-11-19(4)18-17-13/h5-9,11,14,16H,10H2,1-4H3. The summed E-state index contributed by atoms with van der Waals surface area (Å²) in [5.74, 6) is 0. The molecule has 0 amide bonds. The lowest BCUT2D eigenvalue weighted by molar-refractivity contribution is 0.354. The Morgan fingerprint density at radius 3 is 2.47 bits per heavy atom. The number of hydrogen-bond donors (Lipinski definition) is 1. The Labute approximate surface area is 114 Å². The van der Waals surface area contributed by atoms with E-state index in [-0.39, 0.29) is 5.41 Å². The van der Waals surface area contributed by atoms with Crippen molar-refractivity contribution in [3.05, 3.63) is 47.8 Å². The zero-order valence-electron chi connectivity index (χ0n) is 12.1. The molecule has 1 heterocycles. The highest BCUT2D eigenvalue weighted by molar-refractivity contribution is 5.26. The number of aromatic nitrogens is 3. The minimum atomic E-state index is 0.0352. The Kier molecular flexibility index (Phi) is 4.00. The smallest absolute Gasteiger partial charge is 0.0842 e. The Morgan fingerprint density at radius 2 is 1.95 bits per heavy atom. The summed E-state index contributed by atoms with van der Waals surface area (Å²) in [6, 6.07) is 10.9. The van der Waals surface area contributed by atoms with Gasteiger partial charge in [-0.2, -0.15) is 0 Å². The van der Waals surface area contributed by atoms with Crippen LogP contribution in [0.15, 0.2) is 36.5 Å². The van der Waals surface area contributed by atoms with Gasteiger partial charge in [0.1, 0.15) is 0 Å². The molecule has 0 aliphatic rings. The van der Waals surface area contributed by atoms with Gasteiger partial charge in [0.15, 0.2) is 0 Å². The molecule has 0 radical (unpaired) electrons. The van der Waals surface area contributed by atoms with E-state index in [9.17, 15) is 0 Å². The van der Waals surface area contributed by atoms with Crippen molar-refractivity contribution in [3.63, 3.8) is 0 Å². The molecule has 1 N–H and O–H groups in total. The first-order valence-electron chi connectivity index (χ1n) is 6.62. The maximum Gasteiger partial charge on any atom is 0.0842 e. The van der Waals surface area contributed by atoms with E-state index in [0.717, 1.165) is 12.1 Å². The Morgan fingerprint density at radius 1 is 1.26 bits per heavy atom. The van der Waals surface area contributed by atoms with Crippen LogP contribution in [0.25, 0.3) is 0 Å². The lowest BCUT2D eigenvalue weighted by atomic mass is 9.76. The van der Waals surface area contributed by atoms with E-state index in [2.05, 4.69) is 59.8 Å². The van der Waals surface area contributed by atoms with Gasteiger partial charge >= 0.3 is 0 Å². The third kappa shape index (κ3) is 3.01. The number of likely N-dealkylation sites (N-methyl/N-ethyl adjacent to an activating group) is 1. The first kappa shape index (κ1) is 13.7. The summed E-state index contributed by atoms with van der Waals surface area (Å²) in [5.41, 5.74) is 2.39. The average molecular weight is 258 g/mol. The molecule has 4 nitrogen and oxygen atoms in total. The number of nitrogens with zero attached hydrogens (tertiary/aromatic N) is 3. The molecule has 4 heteroatoms. The van der Waals surface area contributed by atoms with Gasteiger partial charge in [0, 0.05) is 31.1 Å². The van der Waals surface area contributed by atoms with Crippen LogP contribution in [0.5, 0.6) is 0 Å². The van der Waals surface area contributed by atoms with E-state index in [1.807, 2.05) is 20.3 Å². The molecule has 19 heavy (non-hydrogen) atoms. The molecule has 1 unspecified atom stereocenters. The average Bonchev–Trinajstić information content (AvgIpc) is 2.82. The highest BCUT2D eigenvalue weighted by Gasteiger charge is 2.30. The van der Waals surface area contributed by atoms with Gasteiger partial charge in [-0.05, 0) is 12.6 Å². The van der Waals surface area contributed by atoms with Gasteiger partial charge in [-0.1, -0.05) is 49.4 Å². The number of hydrogen-bond acceptors (Lipinski definition) is 3. The maximum absolute atomic E-state index is 4.18. The third-order valence-electron chi connectivity index (χ3n) is 3.80. The van der Waals surface area contributed by atoms with Crippen LogP contribution >= 0.6 is 0 Å². The van der Waals surface area contributed by atoms with Gasteiger partial charge in [0.05, 0.1) is 5.69 Å². The summed E-state index contributed by atoms with van der Waals surface area (Å²) in [6.45, 7) is 4.53. The zero-order valence-corrected chi connectivity index (χ0v) is 12.1. The van der Waals surface area contributed by atoms with Gasteiger partial charge in [-0.25, -0.2) is 0 Å². The second-order valence-corrected chi connectivity index (χ2v) is 5.52. The van der Waals surface area contributed by atoms with E-state index in [0.29, 0.717) is 6.04 Å². The first-order chi connectivity index (χ1) is 9.04. The second-order valence-electron chi connectivity index (χ2n) is 5.52. The van der Waals surface area contributed by atoms with Gasteiger partial charge in [0.2, 0.25) is 0 Å². The summed E-state index contributed by atoms with van der Waals surface area (Å²) in [5, 5.41) is 11.6. The normalized spacial score (nSPS) is 13.5. The topological polar surface area (TPSA) is 42.7 Å². The molecule has 0 fully saturated rings. The van der Waals surface area contributed by atoms with E-state index in [1.165, 1.54) is 5.56 Å². The molecule has 102 valence electrons. The predicted molar refractivity (Wildman–Crippen MR) is 77.0 cm³/mol. The van der Waals surface area contributed by atoms with E-state index >= 15 is 0 Å². The first-order valence-corrected chi connectivity index (χ1v) is 6.62. The summed E-state index contributed by atoms with van der Waals surface area (Å²) >= 11 is 0. The molecule has 0 aliphatic heterocycles. The van der Waals surface area contributed by atoms with Gasteiger partial charge in [-0.15, -0.1) is 5.10 Å². The van der Waals surface area contributed by atoms with Crippen molar-refractivity contribution in [2.45, 2.75) is 31.7 Å².